The molecule has 0 saturated carbocycles. The van der Waals surface area contributed by atoms with Crippen molar-refractivity contribution in [1.82, 2.24) is 4.57 Å². The molecule has 0 aliphatic heterocycles. The molecule has 0 aliphatic rings. The Morgan fingerprint density at radius 2 is 0.583 bits per heavy atom. The summed E-state index contributed by atoms with van der Waals surface area (Å²) in [6.07, 6.45) is 0. The van der Waals surface area contributed by atoms with E-state index in [1.54, 1.807) is 0 Å². The molecular formula is C70H48N2. The van der Waals surface area contributed by atoms with Crippen molar-refractivity contribution in [3.05, 3.63) is 291 Å². The van der Waals surface area contributed by atoms with Gasteiger partial charge in [-0.25, -0.2) is 0 Å². The van der Waals surface area contributed by atoms with Crippen LogP contribution < -0.4 is 4.90 Å². The molecule has 1 heterocycles. The van der Waals surface area contributed by atoms with Crippen molar-refractivity contribution >= 4 is 49.6 Å². The molecule has 0 bridgehead atoms. The third-order valence-electron chi connectivity index (χ3n) is 14.2. The lowest BCUT2D eigenvalue weighted by molar-refractivity contribution is 1.18. The SMILES string of the molecule is c1ccc(-c2cc(-c3ccccc3)cc(-c3ccc(N(c4ccc(-c5ccc(-c6ccccc6-n6c7ccccc7c7ccccc76)cc5)cc4)c4ccc(-c5ccc6ccccc6c5)cc4)cc3)c2)cc1. The first-order chi connectivity index (χ1) is 35.7. The monoisotopic (exact) mass is 916 g/mol. The van der Waals surface area contributed by atoms with Crippen LogP contribution in [0.2, 0.25) is 0 Å². The summed E-state index contributed by atoms with van der Waals surface area (Å²) < 4.78 is 2.41. The maximum absolute atomic E-state index is 2.41. The Labute approximate surface area is 420 Å². The van der Waals surface area contributed by atoms with E-state index < -0.39 is 0 Å². The van der Waals surface area contributed by atoms with Crippen LogP contribution in [-0.4, -0.2) is 4.57 Å². The second-order valence-corrected chi connectivity index (χ2v) is 18.5. The summed E-state index contributed by atoms with van der Waals surface area (Å²) >= 11 is 0. The van der Waals surface area contributed by atoms with Crippen molar-refractivity contribution in [3.8, 4) is 72.4 Å². The van der Waals surface area contributed by atoms with E-state index in [0.29, 0.717) is 0 Å². The predicted octanol–water partition coefficient (Wildman–Crippen LogP) is 19.4. The number of hydrogen-bond donors (Lipinski definition) is 0. The number of fused-ring (bicyclic) bond motifs is 4. The molecule has 0 amide bonds. The molecule has 0 N–H and O–H groups in total. The Bertz CT molecular complexity index is 3930. The van der Waals surface area contributed by atoms with Crippen LogP contribution >= 0.6 is 0 Å². The minimum absolute atomic E-state index is 1.08. The number of hydrogen-bond acceptors (Lipinski definition) is 1. The summed E-state index contributed by atoms with van der Waals surface area (Å²) in [7, 11) is 0. The van der Waals surface area contributed by atoms with Gasteiger partial charge < -0.3 is 9.47 Å². The first-order valence-corrected chi connectivity index (χ1v) is 24.7. The van der Waals surface area contributed by atoms with Crippen molar-refractivity contribution < 1.29 is 0 Å². The number of nitrogens with zero attached hydrogens (tertiary/aromatic N) is 2. The Balaban J connectivity index is 0.847. The van der Waals surface area contributed by atoms with Crippen LogP contribution in [-0.2, 0) is 0 Å². The van der Waals surface area contributed by atoms with Crippen molar-refractivity contribution in [1.29, 1.82) is 0 Å². The summed E-state index contributed by atoms with van der Waals surface area (Å²) in [4.78, 5) is 2.36. The first kappa shape index (κ1) is 42.6. The van der Waals surface area contributed by atoms with E-state index in [1.165, 1.54) is 93.9 Å². The van der Waals surface area contributed by atoms with Crippen LogP contribution in [0.1, 0.15) is 0 Å². The van der Waals surface area contributed by atoms with E-state index in [1.807, 2.05) is 0 Å². The van der Waals surface area contributed by atoms with Gasteiger partial charge in [-0.15, -0.1) is 0 Å². The Kier molecular flexibility index (Phi) is 10.9. The van der Waals surface area contributed by atoms with E-state index in [0.717, 1.165) is 28.2 Å². The van der Waals surface area contributed by atoms with Crippen molar-refractivity contribution in [2.75, 3.05) is 4.90 Å². The highest BCUT2D eigenvalue weighted by Crippen LogP contribution is 2.41. The molecule has 338 valence electrons. The van der Waals surface area contributed by atoms with E-state index in [4.69, 9.17) is 0 Å². The number of anilines is 3. The molecule has 13 rings (SSSR count). The van der Waals surface area contributed by atoms with Gasteiger partial charge in [0.1, 0.15) is 0 Å². The van der Waals surface area contributed by atoms with E-state index in [-0.39, 0.29) is 0 Å². The van der Waals surface area contributed by atoms with Gasteiger partial charge in [0.25, 0.3) is 0 Å². The molecule has 0 spiro atoms. The molecule has 0 radical (unpaired) electrons. The maximum Gasteiger partial charge on any atom is 0.0541 e. The van der Waals surface area contributed by atoms with Gasteiger partial charge in [0.2, 0.25) is 0 Å². The largest absolute Gasteiger partial charge is 0.311 e. The van der Waals surface area contributed by atoms with Crippen LogP contribution in [0.15, 0.2) is 291 Å². The van der Waals surface area contributed by atoms with Gasteiger partial charge in [0.15, 0.2) is 0 Å². The van der Waals surface area contributed by atoms with Gasteiger partial charge in [-0.05, 0) is 151 Å². The molecule has 72 heavy (non-hydrogen) atoms. The lowest BCUT2D eigenvalue weighted by atomic mass is 9.93. The zero-order valence-corrected chi connectivity index (χ0v) is 39.6. The minimum atomic E-state index is 1.08. The van der Waals surface area contributed by atoms with Gasteiger partial charge in [-0.1, -0.05) is 212 Å². The van der Waals surface area contributed by atoms with Crippen molar-refractivity contribution in [2.45, 2.75) is 0 Å². The van der Waals surface area contributed by atoms with Crippen molar-refractivity contribution in [3.63, 3.8) is 0 Å². The Morgan fingerprint density at radius 3 is 1.11 bits per heavy atom. The van der Waals surface area contributed by atoms with Crippen LogP contribution in [0.5, 0.6) is 0 Å². The number of aromatic nitrogens is 1. The summed E-state index contributed by atoms with van der Waals surface area (Å²) in [5.74, 6) is 0. The van der Waals surface area contributed by atoms with Gasteiger partial charge in [0, 0.05) is 33.4 Å². The first-order valence-electron chi connectivity index (χ1n) is 24.7. The topological polar surface area (TPSA) is 8.17 Å². The molecule has 2 heteroatoms. The third-order valence-corrected chi connectivity index (χ3v) is 14.2. The molecule has 0 fully saturated rings. The second kappa shape index (κ2) is 18.4. The lowest BCUT2D eigenvalue weighted by Gasteiger charge is -2.26. The highest BCUT2D eigenvalue weighted by atomic mass is 15.1. The highest BCUT2D eigenvalue weighted by Gasteiger charge is 2.17. The Morgan fingerprint density at radius 1 is 0.222 bits per heavy atom. The van der Waals surface area contributed by atoms with Crippen LogP contribution in [0.3, 0.4) is 0 Å². The zero-order valence-electron chi connectivity index (χ0n) is 39.6. The van der Waals surface area contributed by atoms with Crippen LogP contribution in [0.4, 0.5) is 17.1 Å². The molecule has 0 aliphatic carbocycles. The molecular weight excluding hydrogens is 869 g/mol. The number of para-hydroxylation sites is 3. The van der Waals surface area contributed by atoms with E-state index >= 15 is 0 Å². The molecule has 0 saturated heterocycles. The molecule has 1 aromatic heterocycles. The smallest absolute Gasteiger partial charge is 0.0541 e. The van der Waals surface area contributed by atoms with Crippen molar-refractivity contribution in [2.24, 2.45) is 0 Å². The van der Waals surface area contributed by atoms with E-state index in [9.17, 15) is 0 Å². The fourth-order valence-corrected chi connectivity index (χ4v) is 10.6. The van der Waals surface area contributed by atoms with Gasteiger partial charge in [-0.3, -0.25) is 0 Å². The Hall–Kier alpha value is -9.50. The van der Waals surface area contributed by atoms with Crippen LogP contribution in [0, 0.1) is 0 Å². The maximum atomic E-state index is 2.41. The average molecular weight is 917 g/mol. The fourth-order valence-electron chi connectivity index (χ4n) is 10.6. The highest BCUT2D eigenvalue weighted by molar-refractivity contribution is 6.09. The predicted molar refractivity (Wildman–Crippen MR) is 306 cm³/mol. The summed E-state index contributed by atoms with van der Waals surface area (Å²) in [5.41, 5.74) is 21.1. The minimum Gasteiger partial charge on any atom is -0.311 e. The standard InChI is InChI=1S/C70H48N2/c1-3-15-49(16-4-1)59-46-60(50-17-5-2-6-18-50)48-61(47-59)55-37-43-64(44-38-55)71(63-41-35-54(36-42-63)58-32-29-51-19-7-8-20-57(51)45-58)62-39-33-53(34-40-62)52-27-30-56(31-28-52)65-21-9-12-24-68(65)72-69-25-13-10-22-66(69)67-23-11-14-26-70(67)72/h1-48H. The summed E-state index contributed by atoms with van der Waals surface area (Å²) in [6, 6.07) is 106. The molecule has 0 atom stereocenters. The fraction of sp³-hybridized carbons (Fsp3) is 0. The van der Waals surface area contributed by atoms with Gasteiger partial charge >= 0.3 is 0 Å². The molecule has 12 aromatic carbocycles. The molecule has 13 aromatic rings. The summed E-state index contributed by atoms with van der Waals surface area (Å²) in [5, 5.41) is 5.01. The molecule has 2 nitrogen and oxygen atoms in total. The van der Waals surface area contributed by atoms with Gasteiger partial charge in [-0.2, -0.15) is 0 Å². The zero-order chi connectivity index (χ0) is 47.8. The third kappa shape index (κ3) is 8.01. The second-order valence-electron chi connectivity index (χ2n) is 18.5. The summed E-state index contributed by atoms with van der Waals surface area (Å²) in [6.45, 7) is 0. The lowest BCUT2D eigenvalue weighted by Crippen LogP contribution is -2.09. The quantitative estimate of drug-likeness (QED) is 0.133. The number of benzene rings is 12. The van der Waals surface area contributed by atoms with Crippen LogP contribution in [0.25, 0.3) is 105 Å². The normalized spacial score (nSPS) is 11.3. The van der Waals surface area contributed by atoms with Gasteiger partial charge in [0.05, 0.1) is 16.7 Å². The molecule has 0 unspecified atom stereocenters. The number of rotatable bonds is 10. The average Bonchev–Trinajstić information content (AvgIpc) is 3.80. The van der Waals surface area contributed by atoms with E-state index in [2.05, 4.69) is 301 Å².